The average molecular weight is 406 g/mol. The van der Waals surface area contributed by atoms with Crippen LogP contribution in [0.5, 0.6) is 0 Å². The Morgan fingerprint density at radius 1 is 0.680 bits per heavy atom. The van der Waals surface area contributed by atoms with E-state index in [2.05, 4.69) is 4.74 Å². The van der Waals surface area contributed by atoms with Gasteiger partial charge in [0, 0.05) is 0 Å². The summed E-state index contributed by atoms with van der Waals surface area (Å²) in [6.07, 6.45) is -7.82. The molecule has 0 saturated heterocycles. The van der Waals surface area contributed by atoms with Gasteiger partial charge in [0.1, 0.15) is 0 Å². The smallest absolute Gasteiger partial charge is 0.460 e. The monoisotopic (exact) mass is 406 g/mol. The van der Waals surface area contributed by atoms with Crippen LogP contribution in [-0.4, -0.2) is 48.4 Å². The van der Waals surface area contributed by atoms with Crippen molar-refractivity contribution in [3.05, 3.63) is 0 Å². The van der Waals surface area contributed by atoms with E-state index in [9.17, 15) is 61.9 Å². The van der Waals surface area contributed by atoms with Gasteiger partial charge in [-0.1, -0.05) is 6.92 Å². The minimum atomic E-state index is -8.03. The molecule has 0 radical (unpaired) electrons. The predicted octanol–water partition coefficient (Wildman–Crippen LogP) is 4.68. The predicted molar refractivity (Wildman–Crippen MR) is 52.0 cm³/mol. The number of esters is 1. The number of hydrogen-bond acceptors (Lipinski definition) is 2. The Bertz CT molecular complexity index is 494. The number of ether oxygens (including phenoxy) is 1. The standard InChI is InChI=1S/C10H7F13O2/c1-2-3-25-4(24)5(11,12)6(13,14)7(15,16)8(17,18)9(19,20)10(21,22)23/h2-3H2,1H3. The lowest BCUT2D eigenvalue weighted by molar-refractivity contribution is -0.437. The maximum absolute atomic E-state index is 13.1. The van der Waals surface area contributed by atoms with E-state index in [-0.39, 0.29) is 6.42 Å². The molecule has 0 aliphatic heterocycles. The lowest BCUT2D eigenvalue weighted by Gasteiger charge is -2.38. The zero-order valence-corrected chi connectivity index (χ0v) is 11.6. The molecule has 0 aromatic rings. The zero-order valence-electron chi connectivity index (χ0n) is 11.6. The Morgan fingerprint density at radius 3 is 1.36 bits per heavy atom. The second-order valence-corrected chi connectivity index (χ2v) is 4.51. The molecule has 0 aliphatic carbocycles. The lowest BCUT2D eigenvalue weighted by Crippen LogP contribution is -2.71. The van der Waals surface area contributed by atoms with E-state index in [0.717, 1.165) is 6.92 Å². The Hall–Kier alpha value is -1.44. The molecule has 0 fully saturated rings. The second kappa shape index (κ2) is 6.37. The van der Waals surface area contributed by atoms with Crippen LogP contribution in [-0.2, 0) is 9.53 Å². The number of alkyl halides is 13. The highest BCUT2D eigenvalue weighted by Crippen LogP contribution is 2.60. The summed E-state index contributed by atoms with van der Waals surface area (Å²) < 4.78 is 168. The van der Waals surface area contributed by atoms with Gasteiger partial charge >= 0.3 is 41.8 Å². The first kappa shape index (κ1) is 23.6. The van der Waals surface area contributed by atoms with Crippen LogP contribution in [0.3, 0.4) is 0 Å². The molecule has 0 aliphatic rings. The largest absolute Gasteiger partial charge is 0.461 e. The van der Waals surface area contributed by atoms with Gasteiger partial charge in [-0.2, -0.15) is 57.1 Å². The Kier molecular flexibility index (Phi) is 6.01. The summed E-state index contributed by atoms with van der Waals surface area (Å²) in [5.41, 5.74) is 0. The highest BCUT2D eigenvalue weighted by atomic mass is 19.4. The van der Waals surface area contributed by atoms with E-state index >= 15 is 0 Å². The van der Waals surface area contributed by atoms with Gasteiger partial charge in [-0.3, -0.25) is 0 Å². The van der Waals surface area contributed by atoms with E-state index in [1.165, 1.54) is 0 Å². The van der Waals surface area contributed by atoms with Crippen molar-refractivity contribution in [2.75, 3.05) is 6.61 Å². The minimum Gasteiger partial charge on any atom is -0.461 e. The number of carbonyl (C=O) groups is 1. The molecular formula is C10H7F13O2. The first-order valence-electron chi connectivity index (χ1n) is 5.86. The maximum Gasteiger partial charge on any atom is 0.460 e. The average Bonchev–Trinajstić information content (AvgIpc) is 2.42. The summed E-state index contributed by atoms with van der Waals surface area (Å²) in [7, 11) is 0. The Morgan fingerprint density at radius 2 is 1.04 bits per heavy atom. The van der Waals surface area contributed by atoms with Crippen molar-refractivity contribution in [3.8, 4) is 0 Å². The number of hydrogen-bond donors (Lipinski definition) is 0. The molecular weight excluding hydrogens is 399 g/mol. The van der Waals surface area contributed by atoms with Gasteiger partial charge in [-0.25, -0.2) is 4.79 Å². The number of halogens is 13. The third-order valence-corrected chi connectivity index (χ3v) is 2.63. The fourth-order valence-electron chi connectivity index (χ4n) is 1.18. The van der Waals surface area contributed by atoms with Gasteiger partial charge < -0.3 is 4.74 Å². The van der Waals surface area contributed by atoms with Crippen molar-refractivity contribution in [1.29, 1.82) is 0 Å². The van der Waals surface area contributed by atoms with Crippen molar-refractivity contribution < 1.29 is 66.6 Å². The topological polar surface area (TPSA) is 26.3 Å². The van der Waals surface area contributed by atoms with Crippen LogP contribution in [0, 0.1) is 0 Å². The molecule has 0 aromatic carbocycles. The van der Waals surface area contributed by atoms with Gasteiger partial charge in [0.25, 0.3) is 0 Å². The summed E-state index contributed by atoms with van der Waals surface area (Å²) >= 11 is 0. The first-order chi connectivity index (χ1) is 10.7. The summed E-state index contributed by atoms with van der Waals surface area (Å²) in [5, 5.41) is 0. The van der Waals surface area contributed by atoms with Crippen LogP contribution in [0.4, 0.5) is 57.1 Å². The zero-order chi connectivity index (χ0) is 20.7. The lowest BCUT2D eigenvalue weighted by atomic mass is 9.94. The Labute approximate surface area is 129 Å². The van der Waals surface area contributed by atoms with Crippen molar-refractivity contribution in [2.24, 2.45) is 0 Å². The van der Waals surface area contributed by atoms with Gasteiger partial charge in [-0.05, 0) is 6.42 Å². The molecule has 2 nitrogen and oxygen atoms in total. The summed E-state index contributed by atoms with van der Waals surface area (Å²) in [6.45, 7) is 0.0292. The van der Waals surface area contributed by atoms with Crippen LogP contribution < -0.4 is 0 Å². The SMILES string of the molecule is CCCOC(=O)C(F)(F)C(F)(F)C(F)(F)C(F)(F)C(F)(F)C(F)(F)F. The summed E-state index contributed by atoms with van der Waals surface area (Å²) in [5.74, 6) is -41.8. The molecule has 0 aromatic heterocycles. The van der Waals surface area contributed by atoms with Gasteiger partial charge in [0.15, 0.2) is 0 Å². The molecule has 0 saturated carbocycles. The second-order valence-electron chi connectivity index (χ2n) is 4.51. The van der Waals surface area contributed by atoms with Crippen LogP contribution in [0.1, 0.15) is 13.3 Å². The summed E-state index contributed by atoms with van der Waals surface area (Å²) in [6, 6.07) is 0. The van der Waals surface area contributed by atoms with Crippen LogP contribution in [0.2, 0.25) is 0 Å². The highest BCUT2D eigenvalue weighted by Gasteiger charge is 2.92. The van der Waals surface area contributed by atoms with Gasteiger partial charge in [0.05, 0.1) is 6.61 Å². The quantitative estimate of drug-likeness (QED) is 0.454. The first-order valence-corrected chi connectivity index (χ1v) is 5.86. The molecule has 0 amide bonds. The number of carbonyl (C=O) groups excluding carboxylic acids is 1. The molecule has 0 unspecified atom stereocenters. The maximum atomic E-state index is 13.1. The summed E-state index contributed by atoms with van der Waals surface area (Å²) in [4.78, 5) is 10.7. The normalized spacial score (nSPS) is 15.3. The molecule has 0 atom stereocenters. The molecule has 0 N–H and O–H groups in total. The molecule has 150 valence electrons. The third-order valence-electron chi connectivity index (χ3n) is 2.63. The van der Waals surface area contributed by atoms with E-state index in [4.69, 9.17) is 0 Å². The van der Waals surface area contributed by atoms with Crippen molar-refractivity contribution in [3.63, 3.8) is 0 Å². The fourth-order valence-corrected chi connectivity index (χ4v) is 1.18. The molecule has 0 rings (SSSR count). The Balaban J connectivity index is 6.16. The minimum absolute atomic E-state index is 0.327. The molecule has 0 bridgehead atoms. The van der Waals surface area contributed by atoms with Crippen LogP contribution >= 0.6 is 0 Å². The van der Waals surface area contributed by atoms with E-state index in [0.29, 0.717) is 0 Å². The van der Waals surface area contributed by atoms with Crippen LogP contribution in [0.25, 0.3) is 0 Å². The highest BCUT2D eigenvalue weighted by molar-refractivity contribution is 5.79. The molecule has 0 heterocycles. The van der Waals surface area contributed by atoms with E-state index in [1.54, 1.807) is 0 Å². The fraction of sp³-hybridized carbons (Fsp3) is 0.900. The van der Waals surface area contributed by atoms with Crippen LogP contribution in [0.15, 0.2) is 0 Å². The molecule has 0 spiro atoms. The van der Waals surface area contributed by atoms with Crippen molar-refractivity contribution in [2.45, 2.75) is 49.1 Å². The van der Waals surface area contributed by atoms with E-state index in [1.807, 2.05) is 0 Å². The molecule has 25 heavy (non-hydrogen) atoms. The van der Waals surface area contributed by atoms with Crippen molar-refractivity contribution in [1.82, 2.24) is 0 Å². The molecule has 15 heteroatoms. The third kappa shape index (κ3) is 3.32. The van der Waals surface area contributed by atoms with Crippen molar-refractivity contribution >= 4 is 5.97 Å². The van der Waals surface area contributed by atoms with Gasteiger partial charge in [0.2, 0.25) is 0 Å². The van der Waals surface area contributed by atoms with E-state index < -0.39 is 48.4 Å². The number of rotatable bonds is 7. The van der Waals surface area contributed by atoms with Gasteiger partial charge in [-0.15, -0.1) is 0 Å².